The lowest BCUT2D eigenvalue weighted by molar-refractivity contribution is 0.102. The molecule has 0 bridgehead atoms. The number of halogens is 1. The Morgan fingerprint density at radius 2 is 1.62 bits per heavy atom. The van der Waals surface area contributed by atoms with E-state index in [0.29, 0.717) is 28.2 Å². The fourth-order valence-electron chi connectivity index (χ4n) is 3.70. The minimum atomic E-state index is -3.94. The van der Waals surface area contributed by atoms with Crippen LogP contribution in [0.3, 0.4) is 0 Å². The summed E-state index contributed by atoms with van der Waals surface area (Å²) >= 11 is 6.11. The van der Waals surface area contributed by atoms with Gasteiger partial charge in [0.2, 0.25) is 0 Å². The molecule has 0 saturated heterocycles. The van der Waals surface area contributed by atoms with Gasteiger partial charge in [0.1, 0.15) is 0 Å². The van der Waals surface area contributed by atoms with Gasteiger partial charge in [-0.15, -0.1) is 0 Å². The van der Waals surface area contributed by atoms with Gasteiger partial charge >= 0.3 is 0 Å². The summed E-state index contributed by atoms with van der Waals surface area (Å²) in [4.78, 5) is 13.2. The van der Waals surface area contributed by atoms with Gasteiger partial charge in [-0.2, -0.15) is 5.10 Å². The van der Waals surface area contributed by atoms with Crippen LogP contribution < -0.4 is 10.0 Å². The van der Waals surface area contributed by atoms with Crippen molar-refractivity contribution in [2.24, 2.45) is 0 Å². The highest BCUT2D eigenvalue weighted by atomic mass is 35.5. The standard InChI is InChI=1S/C25H23ClN4O3S/c1-16-13-14-19(15-23(16)34(32,33)29-22-12-8-7-11-21(22)26)27-25(31)24-17(2)28-30(18(24)3)20-9-5-4-6-10-20/h4-15,29H,1-3H3,(H,27,31). The van der Waals surface area contributed by atoms with E-state index in [4.69, 9.17) is 11.6 Å². The lowest BCUT2D eigenvalue weighted by Crippen LogP contribution is -2.17. The SMILES string of the molecule is Cc1ccc(NC(=O)c2c(C)nn(-c3ccccc3)c2C)cc1S(=O)(=O)Nc1ccccc1Cl. The van der Waals surface area contributed by atoms with E-state index in [-0.39, 0.29) is 21.5 Å². The summed E-state index contributed by atoms with van der Waals surface area (Å²) in [6, 6.07) is 20.8. The summed E-state index contributed by atoms with van der Waals surface area (Å²) in [5, 5.41) is 7.60. The van der Waals surface area contributed by atoms with Crippen LogP contribution in [0.4, 0.5) is 11.4 Å². The lowest BCUT2D eigenvalue weighted by atomic mass is 10.1. The minimum Gasteiger partial charge on any atom is -0.322 e. The number of para-hydroxylation sites is 2. The molecule has 9 heteroatoms. The molecule has 4 rings (SSSR count). The quantitative estimate of drug-likeness (QED) is 0.370. The van der Waals surface area contributed by atoms with Crippen LogP contribution in [0, 0.1) is 20.8 Å². The summed E-state index contributed by atoms with van der Waals surface area (Å²) in [6.45, 7) is 5.27. The van der Waals surface area contributed by atoms with Crippen LogP contribution in [0.15, 0.2) is 77.7 Å². The van der Waals surface area contributed by atoms with E-state index in [1.165, 1.54) is 6.07 Å². The molecule has 0 atom stereocenters. The first kappa shape index (κ1) is 23.5. The van der Waals surface area contributed by atoms with E-state index in [0.717, 1.165) is 5.69 Å². The summed E-state index contributed by atoms with van der Waals surface area (Å²) < 4.78 is 30.3. The first-order valence-electron chi connectivity index (χ1n) is 10.5. The van der Waals surface area contributed by atoms with Crippen LogP contribution in [0.1, 0.15) is 27.3 Å². The molecule has 2 N–H and O–H groups in total. The van der Waals surface area contributed by atoms with Crippen LogP contribution >= 0.6 is 11.6 Å². The number of sulfonamides is 1. The topological polar surface area (TPSA) is 93.1 Å². The molecule has 1 amide bonds. The number of nitrogens with zero attached hydrogens (tertiary/aromatic N) is 2. The smallest absolute Gasteiger partial charge is 0.262 e. The zero-order valence-electron chi connectivity index (χ0n) is 18.8. The molecule has 0 aliphatic heterocycles. The van der Waals surface area contributed by atoms with Gasteiger partial charge < -0.3 is 5.32 Å². The van der Waals surface area contributed by atoms with Crippen LogP contribution in [0.25, 0.3) is 5.69 Å². The number of amides is 1. The molecule has 0 radical (unpaired) electrons. The van der Waals surface area contributed by atoms with Gasteiger partial charge in [0.15, 0.2) is 0 Å². The van der Waals surface area contributed by atoms with Crippen LogP contribution in [-0.2, 0) is 10.0 Å². The molecule has 1 aromatic heterocycles. The van der Waals surface area contributed by atoms with Crippen molar-refractivity contribution in [1.82, 2.24) is 9.78 Å². The van der Waals surface area contributed by atoms with Gasteiger partial charge in [-0.25, -0.2) is 13.1 Å². The number of anilines is 2. The molecule has 0 spiro atoms. The maximum absolute atomic E-state index is 13.1. The zero-order valence-corrected chi connectivity index (χ0v) is 20.4. The largest absolute Gasteiger partial charge is 0.322 e. The summed E-state index contributed by atoms with van der Waals surface area (Å²) in [5.41, 5.74) is 3.68. The molecule has 0 saturated carbocycles. The fourth-order valence-corrected chi connectivity index (χ4v) is 5.29. The summed E-state index contributed by atoms with van der Waals surface area (Å²) in [6.07, 6.45) is 0. The number of benzene rings is 3. The second-order valence-corrected chi connectivity index (χ2v) is 9.87. The molecule has 0 fully saturated rings. The van der Waals surface area contributed by atoms with Gasteiger partial charge in [0, 0.05) is 5.69 Å². The number of hydrogen-bond donors (Lipinski definition) is 2. The van der Waals surface area contributed by atoms with E-state index < -0.39 is 10.0 Å². The highest BCUT2D eigenvalue weighted by Gasteiger charge is 2.22. The van der Waals surface area contributed by atoms with Crippen molar-refractivity contribution in [1.29, 1.82) is 0 Å². The molecule has 4 aromatic rings. The number of aryl methyl sites for hydroxylation is 2. The van der Waals surface area contributed by atoms with Crippen LogP contribution in [0.2, 0.25) is 5.02 Å². The van der Waals surface area contributed by atoms with Crippen LogP contribution in [-0.4, -0.2) is 24.1 Å². The van der Waals surface area contributed by atoms with Crippen molar-refractivity contribution in [2.45, 2.75) is 25.7 Å². The number of nitrogens with one attached hydrogen (secondary N) is 2. The van der Waals surface area contributed by atoms with Crippen molar-refractivity contribution < 1.29 is 13.2 Å². The Kier molecular flexibility index (Phi) is 6.45. The normalized spacial score (nSPS) is 11.3. The monoisotopic (exact) mass is 494 g/mol. The molecular weight excluding hydrogens is 472 g/mol. The first-order chi connectivity index (χ1) is 16.2. The van der Waals surface area contributed by atoms with E-state index in [9.17, 15) is 13.2 Å². The maximum atomic E-state index is 13.1. The number of rotatable bonds is 6. The number of carbonyl (C=O) groups is 1. The van der Waals surface area contributed by atoms with E-state index in [1.54, 1.807) is 54.9 Å². The van der Waals surface area contributed by atoms with Gasteiger partial charge in [-0.3, -0.25) is 9.52 Å². The van der Waals surface area contributed by atoms with Crippen molar-refractivity contribution in [3.05, 3.63) is 100 Å². The van der Waals surface area contributed by atoms with E-state index in [2.05, 4.69) is 15.1 Å². The third-order valence-electron chi connectivity index (χ3n) is 5.37. The van der Waals surface area contributed by atoms with Crippen LogP contribution in [0.5, 0.6) is 0 Å². The molecule has 1 heterocycles. The van der Waals surface area contributed by atoms with Gasteiger partial charge in [0.05, 0.1) is 38.2 Å². The lowest BCUT2D eigenvalue weighted by Gasteiger charge is -2.13. The van der Waals surface area contributed by atoms with Crippen molar-refractivity contribution >= 4 is 38.9 Å². The Morgan fingerprint density at radius 3 is 2.32 bits per heavy atom. The molecule has 7 nitrogen and oxygen atoms in total. The number of aromatic nitrogens is 2. The van der Waals surface area contributed by atoms with E-state index in [1.807, 2.05) is 37.3 Å². The molecule has 0 aliphatic rings. The second-order valence-electron chi connectivity index (χ2n) is 7.81. The third-order valence-corrected chi connectivity index (χ3v) is 7.21. The molecule has 34 heavy (non-hydrogen) atoms. The summed E-state index contributed by atoms with van der Waals surface area (Å²) in [5.74, 6) is -0.372. The highest BCUT2D eigenvalue weighted by molar-refractivity contribution is 7.92. The highest BCUT2D eigenvalue weighted by Crippen LogP contribution is 2.27. The molecule has 0 unspecified atom stereocenters. The molecule has 3 aromatic carbocycles. The number of carbonyl (C=O) groups excluding carboxylic acids is 1. The van der Waals surface area contributed by atoms with Gasteiger partial charge in [-0.1, -0.05) is 48.0 Å². The average Bonchev–Trinajstić information content (AvgIpc) is 3.11. The van der Waals surface area contributed by atoms with Crippen molar-refractivity contribution in [3.63, 3.8) is 0 Å². The Balaban J connectivity index is 1.63. The Hall–Kier alpha value is -3.62. The predicted octanol–water partition coefficient (Wildman–Crippen LogP) is 5.50. The summed E-state index contributed by atoms with van der Waals surface area (Å²) in [7, 11) is -3.94. The maximum Gasteiger partial charge on any atom is 0.262 e. The van der Waals surface area contributed by atoms with Gasteiger partial charge in [-0.05, 0) is 62.7 Å². The zero-order chi connectivity index (χ0) is 24.5. The minimum absolute atomic E-state index is 0.0404. The van der Waals surface area contributed by atoms with E-state index >= 15 is 0 Å². The Bertz CT molecular complexity index is 1480. The fraction of sp³-hybridized carbons (Fsp3) is 0.120. The molecular formula is C25H23ClN4O3S. The molecule has 174 valence electrons. The third kappa shape index (κ3) is 4.69. The first-order valence-corrected chi connectivity index (χ1v) is 12.3. The van der Waals surface area contributed by atoms with Crippen molar-refractivity contribution in [3.8, 4) is 5.69 Å². The Morgan fingerprint density at radius 1 is 0.941 bits per heavy atom. The average molecular weight is 495 g/mol. The Labute approximate surface area is 203 Å². The second kappa shape index (κ2) is 9.32. The predicted molar refractivity (Wildman–Crippen MR) is 134 cm³/mol. The van der Waals surface area contributed by atoms with Gasteiger partial charge in [0.25, 0.3) is 15.9 Å². The number of hydrogen-bond acceptors (Lipinski definition) is 4. The molecule has 0 aliphatic carbocycles. The van der Waals surface area contributed by atoms with Crippen molar-refractivity contribution in [2.75, 3.05) is 10.0 Å².